The van der Waals surface area contributed by atoms with Crippen molar-refractivity contribution in [2.45, 2.75) is 17.8 Å². The number of hydrogen-bond donors (Lipinski definition) is 3. The molecule has 2 aromatic rings. The minimum atomic E-state index is -1.30. The summed E-state index contributed by atoms with van der Waals surface area (Å²) in [4.78, 5) is 0. The van der Waals surface area contributed by atoms with E-state index in [9.17, 15) is 15.3 Å². The first-order valence-electron chi connectivity index (χ1n) is 9.19. The molecule has 2 fully saturated rings. The van der Waals surface area contributed by atoms with E-state index in [2.05, 4.69) is 0 Å². The van der Waals surface area contributed by atoms with Crippen molar-refractivity contribution >= 4 is 0 Å². The highest BCUT2D eigenvalue weighted by atomic mass is 16.6. The second-order valence-corrected chi connectivity index (χ2v) is 7.28. The number of phenolic OH excluding ortho intramolecular Hbond substituents is 2. The molecule has 0 aliphatic carbocycles. The number of methoxy groups -OCH3 is 3. The molecule has 156 valence electrons. The standard InChI is InChI=1S/C21H24O8/c1-25-14-5-11(4-13(22)8-14)19-15-9-28-20(21(15,24)10-29-19)12-6-16(26-2)18(23)17(7-12)27-3/h4-8,15,19-20,22-24H,9-10H2,1-3H3. The molecule has 4 rings (SSSR count). The lowest BCUT2D eigenvalue weighted by molar-refractivity contribution is -0.0629. The van der Waals surface area contributed by atoms with Gasteiger partial charge in [0, 0.05) is 12.0 Å². The molecule has 0 radical (unpaired) electrons. The van der Waals surface area contributed by atoms with E-state index in [1.807, 2.05) is 0 Å². The summed E-state index contributed by atoms with van der Waals surface area (Å²) in [5, 5.41) is 31.6. The molecule has 8 nitrogen and oxygen atoms in total. The van der Waals surface area contributed by atoms with E-state index in [-0.39, 0.29) is 42.1 Å². The van der Waals surface area contributed by atoms with Crippen LogP contribution in [-0.4, -0.2) is 55.5 Å². The third kappa shape index (κ3) is 3.13. The summed E-state index contributed by atoms with van der Waals surface area (Å²) in [5.74, 6) is 0.535. The summed E-state index contributed by atoms with van der Waals surface area (Å²) in [7, 11) is 4.40. The minimum Gasteiger partial charge on any atom is -0.508 e. The van der Waals surface area contributed by atoms with E-state index in [0.29, 0.717) is 16.9 Å². The van der Waals surface area contributed by atoms with Gasteiger partial charge in [-0.25, -0.2) is 0 Å². The van der Waals surface area contributed by atoms with E-state index >= 15 is 0 Å². The molecule has 0 spiro atoms. The normalized spacial score (nSPS) is 28.2. The highest BCUT2D eigenvalue weighted by Gasteiger charge is 2.59. The summed E-state index contributed by atoms with van der Waals surface area (Å²) in [6, 6.07) is 8.11. The lowest BCUT2D eigenvalue weighted by Crippen LogP contribution is -2.39. The van der Waals surface area contributed by atoms with Gasteiger partial charge in [-0.15, -0.1) is 0 Å². The minimum absolute atomic E-state index is 0.0521. The van der Waals surface area contributed by atoms with Crippen molar-refractivity contribution in [1.29, 1.82) is 0 Å². The molecule has 29 heavy (non-hydrogen) atoms. The largest absolute Gasteiger partial charge is 0.508 e. The van der Waals surface area contributed by atoms with Crippen LogP contribution in [0.25, 0.3) is 0 Å². The van der Waals surface area contributed by atoms with E-state index in [0.717, 1.165) is 0 Å². The SMILES string of the molecule is COc1cc(O)cc(C2OCC3(O)C(c4cc(OC)c(O)c(OC)c4)OCC23)c1. The van der Waals surface area contributed by atoms with Crippen LogP contribution in [0.4, 0.5) is 0 Å². The summed E-state index contributed by atoms with van der Waals surface area (Å²) in [5.41, 5.74) is 0.0169. The van der Waals surface area contributed by atoms with Crippen molar-refractivity contribution in [1.82, 2.24) is 0 Å². The van der Waals surface area contributed by atoms with Crippen LogP contribution in [-0.2, 0) is 9.47 Å². The molecule has 8 heteroatoms. The summed E-state index contributed by atoms with van der Waals surface area (Å²) in [6.45, 7) is 0.311. The second kappa shape index (κ2) is 7.29. The van der Waals surface area contributed by atoms with Gasteiger partial charge in [-0.3, -0.25) is 0 Å². The lowest BCUT2D eigenvalue weighted by atomic mass is 9.80. The van der Waals surface area contributed by atoms with Gasteiger partial charge in [0.1, 0.15) is 23.2 Å². The molecule has 4 atom stereocenters. The van der Waals surface area contributed by atoms with Crippen molar-refractivity contribution in [3.8, 4) is 28.7 Å². The molecular formula is C21H24O8. The molecule has 0 bridgehead atoms. The number of rotatable bonds is 5. The van der Waals surface area contributed by atoms with Gasteiger partial charge in [0.25, 0.3) is 0 Å². The third-order valence-corrected chi connectivity index (χ3v) is 5.68. The fourth-order valence-electron chi connectivity index (χ4n) is 4.22. The number of ether oxygens (including phenoxy) is 5. The number of aromatic hydroxyl groups is 2. The Labute approximate surface area is 168 Å². The molecule has 2 aliphatic heterocycles. The maximum atomic E-state index is 11.5. The second-order valence-electron chi connectivity index (χ2n) is 7.28. The van der Waals surface area contributed by atoms with Crippen LogP contribution in [0.5, 0.6) is 28.7 Å². The molecule has 0 saturated carbocycles. The van der Waals surface area contributed by atoms with Gasteiger partial charge in [-0.1, -0.05) is 0 Å². The van der Waals surface area contributed by atoms with Gasteiger partial charge in [-0.05, 0) is 35.4 Å². The summed E-state index contributed by atoms with van der Waals surface area (Å²) in [6.07, 6.45) is -1.16. The van der Waals surface area contributed by atoms with Crippen LogP contribution < -0.4 is 14.2 Å². The first-order valence-corrected chi connectivity index (χ1v) is 9.19. The number of phenols is 2. The zero-order valence-corrected chi connectivity index (χ0v) is 16.4. The number of benzene rings is 2. The number of fused-ring (bicyclic) bond motifs is 1. The first kappa shape index (κ1) is 19.6. The predicted octanol–water partition coefficient (Wildman–Crippen LogP) is 2.31. The van der Waals surface area contributed by atoms with E-state index in [1.54, 1.807) is 24.3 Å². The average molecular weight is 404 g/mol. The highest BCUT2D eigenvalue weighted by Crippen LogP contribution is 2.54. The summed E-state index contributed by atoms with van der Waals surface area (Å²) >= 11 is 0. The first-order chi connectivity index (χ1) is 13.9. The Morgan fingerprint density at radius 2 is 1.59 bits per heavy atom. The van der Waals surface area contributed by atoms with Gasteiger partial charge in [0.15, 0.2) is 11.5 Å². The maximum absolute atomic E-state index is 11.5. The van der Waals surface area contributed by atoms with Gasteiger partial charge in [0.05, 0.1) is 40.6 Å². The fourth-order valence-corrected chi connectivity index (χ4v) is 4.22. The maximum Gasteiger partial charge on any atom is 0.200 e. The van der Waals surface area contributed by atoms with Crippen LogP contribution in [0.15, 0.2) is 30.3 Å². The average Bonchev–Trinajstić information content (AvgIpc) is 3.22. The fraction of sp³-hybridized carbons (Fsp3) is 0.429. The van der Waals surface area contributed by atoms with Crippen LogP contribution in [0, 0.1) is 5.92 Å². The van der Waals surface area contributed by atoms with Crippen LogP contribution in [0.2, 0.25) is 0 Å². The van der Waals surface area contributed by atoms with Gasteiger partial charge in [0.2, 0.25) is 5.75 Å². The van der Waals surface area contributed by atoms with Crippen LogP contribution in [0.3, 0.4) is 0 Å². The van der Waals surface area contributed by atoms with Gasteiger partial charge in [-0.2, -0.15) is 0 Å². The van der Waals surface area contributed by atoms with E-state index in [1.165, 1.54) is 27.4 Å². The van der Waals surface area contributed by atoms with Crippen molar-refractivity contribution in [3.05, 3.63) is 41.5 Å². The molecule has 0 amide bonds. The van der Waals surface area contributed by atoms with Crippen molar-refractivity contribution in [2.75, 3.05) is 34.5 Å². The molecule has 0 aromatic heterocycles. The van der Waals surface area contributed by atoms with Crippen molar-refractivity contribution in [2.24, 2.45) is 5.92 Å². The smallest absolute Gasteiger partial charge is 0.200 e. The highest BCUT2D eigenvalue weighted by molar-refractivity contribution is 5.54. The Bertz CT molecular complexity index is 889. The Hall–Kier alpha value is -2.68. The topological polar surface area (TPSA) is 107 Å². The molecular weight excluding hydrogens is 380 g/mol. The Morgan fingerprint density at radius 1 is 0.897 bits per heavy atom. The molecule has 4 unspecified atom stereocenters. The van der Waals surface area contributed by atoms with Crippen molar-refractivity contribution < 1.29 is 39.0 Å². The zero-order chi connectivity index (χ0) is 20.8. The van der Waals surface area contributed by atoms with Gasteiger partial charge >= 0.3 is 0 Å². The third-order valence-electron chi connectivity index (χ3n) is 5.68. The van der Waals surface area contributed by atoms with Crippen LogP contribution in [0.1, 0.15) is 23.3 Å². The molecule has 2 heterocycles. The molecule has 2 saturated heterocycles. The zero-order valence-electron chi connectivity index (χ0n) is 16.4. The number of aliphatic hydroxyl groups is 1. The Kier molecular flexibility index (Phi) is 4.94. The Morgan fingerprint density at radius 3 is 2.21 bits per heavy atom. The molecule has 2 aromatic carbocycles. The van der Waals surface area contributed by atoms with Crippen molar-refractivity contribution in [3.63, 3.8) is 0 Å². The number of hydrogen-bond acceptors (Lipinski definition) is 8. The van der Waals surface area contributed by atoms with E-state index in [4.69, 9.17) is 23.7 Å². The quantitative estimate of drug-likeness (QED) is 0.697. The Balaban J connectivity index is 1.68. The van der Waals surface area contributed by atoms with E-state index < -0.39 is 17.8 Å². The predicted molar refractivity (Wildman–Crippen MR) is 102 cm³/mol. The van der Waals surface area contributed by atoms with Crippen LogP contribution >= 0.6 is 0 Å². The molecule has 2 aliphatic rings. The van der Waals surface area contributed by atoms with Gasteiger partial charge < -0.3 is 39.0 Å². The monoisotopic (exact) mass is 404 g/mol. The lowest BCUT2D eigenvalue weighted by Gasteiger charge is -2.28. The summed E-state index contributed by atoms with van der Waals surface area (Å²) < 4.78 is 27.6. The molecule has 3 N–H and O–H groups in total.